The molecule has 5 heterocycles. The zero-order chi connectivity index (χ0) is 22.9. The Morgan fingerprint density at radius 3 is 2.61 bits per heavy atom. The van der Waals surface area contributed by atoms with Crippen LogP contribution in [0.3, 0.4) is 0 Å². The highest BCUT2D eigenvalue weighted by Crippen LogP contribution is 2.41. The van der Waals surface area contributed by atoms with Crippen molar-refractivity contribution < 1.29 is 13.6 Å². The molecule has 0 spiro atoms. The number of alkyl halides is 2. The number of nitrogens with one attached hydrogen (secondary N) is 1. The maximum absolute atomic E-state index is 13.8. The molecule has 8 nitrogen and oxygen atoms in total. The molecule has 178 valence electrons. The van der Waals surface area contributed by atoms with Crippen molar-refractivity contribution >= 4 is 17.5 Å². The molecule has 2 aromatic heterocycles. The van der Waals surface area contributed by atoms with Crippen LogP contribution in [0.15, 0.2) is 12.5 Å². The summed E-state index contributed by atoms with van der Waals surface area (Å²) in [6.45, 7) is 7.93. The molecule has 3 aliphatic heterocycles. The Morgan fingerprint density at radius 1 is 1.15 bits per heavy atom. The van der Waals surface area contributed by atoms with Crippen molar-refractivity contribution in [3.8, 4) is 0 Å². The normalized spacial score (nSPS) is 21.8. The van der Waals surface area contributed by atoms with Gasteiger partial charge in [-0.3, -0.25) is 4.79 Å². The zero-order valence-corrected chi connectivity index (χ0v) is 19.0. The number of aromatic nitrogens is 4. The average Bonchev–Trinajstić information content (AvgIpc) is 3.20. The first-order valence-electron chi connectivity index (χ1n) is 12.0. The van der Waals surface area contributed by atoms with Gasteiger partial charge < -0.3 is 19.7 Å². The van der Waals surface area contributed by atoms with E-state index in [4.69, 9.17) is 4.98 Å². The Balaban J connectivity index is 1.32. The second-order valence-electron chi connectivity index (χ2n) is 9.25. The van der Waals surface area contributed by atoms with E-state index in [9.17, 15) is 13.6 Å². The van der Waals surface area contributed by atoms with Crippen LogP contribution in [0.5, 0.6) is 0 Å². The largest absolute Gasteiger partial charge is 0.356 e. The summed E-state index contributed by atoms with van der Waals surface area (Å²) >= 11 is 0. The fourth-order valence-electron chi connectivity index (χ4n) is 5.14. The van der Waals surface area contributed by atoms with Gasteiger partial charge in [0, 0.05) is 50.3 Å². The van der Waals surface area contributed by atoms with Crippen molar-refractivity contribution in [1.29, 1.82) is 0 Å². The van der Waals surface area contributed by atoms with Gasteiger partial charge in [-0.25, -0.2) is 23.7 Å². The lowest BCUT2D eigenvalue weighted by molar-refractivity contribution is -0.117. The number of carbonyl (C=O) groups excluding carboxylic acids is 1. The fraction of sp³-hybridized carbons (Fsp3) is 0.652. The van der Waals surface area contributed by atoms with Gasteiger partial charge in [0.15, 0.2) is 0 Å². The second-order valence-corrected chi connectivity index (χ2v) is 9.25. The number of amides is 1. The summed E-state index contributed by atoms with van der Waals surface area (Å²) in [5.74, 6) is 0.635. The van der Waals surface area contributed by atoms with E-state index in [2.05, 4.69) is 42.8 Å². The summed E-state index contributed by atoms with van der Waals surface area (Å²) in [5, 5.41) is 2.64. The van der Waals surface area contributed by atoms with Crippen molar-refractivity contribution in [2.24, 2.45) is 0 Å². The van der Waals surface area contributed by atoms with Crippen LogP contribution in [0, 0.1) is 0 Å². The molecule has 0 radical (unpaired) electrons. The van der Waals surface area contributed by atoms with E-state index in [1.165, 1.54) is 25.8 Å². The molecule has 33 heavy (non-hydrogen) atoms. The number of aryl methyl sites for hydroxylation is 1. The lowest BCUT2D eigenvalue weighted by atomic mass is 9.91. The number of likely N-dealkylation sites (tertiary alicyclic amines) is 1. The fourth-order valence-corrected chi connectivity index (χ4v) is 5.14. The van der Waals surface area contributed by atoms with Gasteiger partial charge in [-0.15, -0.1) is 0 Å². The predicted molar refractivity (Wildman–Crippen MR) is 121 cm³/mol. The number of hydrogen-bond acceptors (Lipinski definition) is 6. The van der Waals surface area contributed by atoms with E-state index in [-0.39, 0.29) is 12.2 Å². The second kappa shape index (κ2) is 9.32. The van der Waals surface area contributed by atoms with E-state index < -0.39 is 18.3 Å². The zero-order valence-electron chi connectivity index (χ0n) is 19.0. The molecule has 0 bridgehead atoms. The van der Waals surface area contributed by atoms with Crippen molar-refractivity contribution in [3.63, 3.8) is 0 Å². The first kappa shape index (κ1) is 22.2. The van der Waals surface area contributed by atoms with Crippen LogP contribution in [0.2, 0.25) is 0 Å². The highest BCUT2D eigenvalue weighted by Gasteiger charge is 2.37. The number of carbonyl (C=O) groups is 1. The molecule has 2 saturated heterocycles. The van der Waals surface area contributed by atoms with Gasteiger partial charge in [0.05, 0.1) is 11.6 Å². The van der Waals surface area contributed by atoms with E-state index in [1.807, 2.05) is 0 Å². The molecule has 0 unspecified atom stereocenters. The number of imidazole rings is 1. The van der Waals surface area contributed by atoms with Crippen molar-refractivity contribution in [2.45, 2.75) is 63.8 Å². The minimum Gasteiger partial charge on any atom is -0.356 e. The van der Waals surface area contributed by atoms with Crippen LogP contribution in [0.25, 0.3) is 0 Å². The van der Waals surface area contributed by atoms with Gasteiger partial charge in [0.2, 0.25) is 12.3 Å². The Kier molecular flexibility index (Phi) is 6.27. The molecule has 5 rings (SSSR count). The van der Waals surface area contributed by atoms with E-state index >= 15 is 0 Å². The van der Waals surface area contributed by atoms with Gasteiger partial charge in [0.1, 0.15) is 23.8 Å². The number of piperidine rings is 1. The van der Waals surface area contributed by atoms with Crippen molar-refractivity contribution in [1.82, 2.24) is 24.4 Å². The lowest BCUT2D eigenvalue weighted by Gasteiger charge is -2.36. The Morgan fingerprint density at radius 2 is 1.94 bits per heavy atom. The van der Waals surface area contributed by atoms with Crippen LogP contribution in [0.1, 0.15) is 61.5 Å². The quantitative estimate of drug-likeness (QED) is 0.686. The van der Waals surface area contributed by atoms with Crippen LogP contribution in [-0.4, -0.2) is 69.5 Å². The highest BCUT2D eigenvalue weighted by molar-refractivity contribution is 5.94. The number of fused-ring (bicyclic) bond motifs is 1. The molecular weight excluding hydrogens is 428 g/mol. The molecule has 0 aromatic carbocycles. The van der Waals surface area contributed by atoms with Gasteiger partial charge in [-0.05, 0) is 38.8 Å². The number of nitrogens with zero attached hydrogens (tertiary/aromatic N) is 6. The lowest BCUT2D eigenvalue weighted by Crippen LogP contribution is -2.39. The molecule has 0 saturated carbocycles. The Bertz CT molecular complexity index is 999. The first-order chi connectivity index (χ1) is 16.0. The third-order valence-electron chi connectivity index (χ3n) is 7.19. The molecule has 1 atom stereocenters. The van der Waals surface area contributed by atoms with E-state index in [0.717, 1.165) is 43.9 Å². The highest BCUT2D eigenvalue weighted by atomic mass is 19.3. The van der Waals surface area contributed by atoms with Gasteiger partial charge in [-0.2, -0.15) is 0 Å². The van der Waals surface area contributed by atoms with Gasteiger partial charge in [-0.1, -0.05) is 6.92 Å². The SMILES string of the molecule is CCc1cn(CCN2CCC2)c(C2CCN(c3ncnc4c3[C@H](C(F)F)CC(=O)N4)CC2)n1. The van der Waals surface area contributed by atoms with Crippen molar-refractivity contribution in [2.75, 3.05) is 42.9 Å². The maximum Gasteiger partial charge on any atom is 0.246 e. The summed E-state index contributed by atoms with van der Waals surface area (Å²) in [7, 11) is 0. The molecule has 3 aliphatic rings. The van der Waals surface area contributed by atoms with Crippen LogP contribution in [0.4, 0.5) is 20.4 Å². The average molecular weight is 460 g/mol. The molecule has 1 amide bonds. The third kappa shape index (κ3) is 4.45. The summed E-state index contributed by atoms with van der Waals surface area (Å²) < 4.78 is 29.9. The molecule has 2 aromatic rings. The van der Waals surface area contributed by atoms with Crippen LogP contribution < -0.4 is 10.2 Å². The smallest absolute Gasteiger partial charge is 0.246 e. The van der Waals surface area contributed by atoms with Gasteiger partial charge >= 0.3 is 0 Å². The number of halogens is 2. The van der Waals surface area contributed by atoms with Crippen LogP contribution in [-0.2, 0) is 17.8 Å². The first-order valence-corrected chi connectivity index (χ1v) is 12.0. The minimum absolute atomic E-state index is 0.220. The van der Waals surface area contributed by atoms with E-state index in [0.29, 0.717) is 30.4 Å². The molecular formula is C23H31F2N7O. The van der Waals surface area contributed by atoms with Crippen LogP contribution >= 0.6 is 0 Å². The summed E-state index contributed by atoms with van der Waals surface area (Å²) in [4.78, 5) is 29.8. The molecule has 2 fully saturated rings. The number of rotatable bonds is 7. The number of hydrogen-bond donors (Lipinski definition) is 1. The predicted octanol–water partition coefficient (Wildman–Crippen LogP) is 3.02. The monoisotopic (exact) mass is 459 g/mol. The standard InChI is InChI=1S/C23H31F2N7O/c1-2-16-13-32(11-10-30-6-3-7-30)22(28-16)15-4-8-31(9-5-15)23-19-17(20(24)25)12-18(33)29-21(19)26-14-27-23/h13-15,17,20H,2-12H2,1H3,(H,26,27,29,33)/t17-/m1/s1. The minimum atomic E-state index is -2.64. The molecule has 1 N–H and O–H groups in total. The third-order valence-corrected chi connectivity index (χ3v) is 7.19. The van der Waals surface area contributed by atoms with Gasteiger partial charge in [0.25, 0.3) is 0 Å². The summed E-state index contributed by atoms with van der Waals surface area (Å²) in [6, 6.07) is 0. The Hall–Kier alpha value is -2.62. The Labute approximate surface area is 192 Å². The molecule has 0 aliphatic carbocycles. The maximum atomic E-state index is 13.8. The number of anilines is 2. The summed E-state index contributed by atoms with van der Waals surface area (Å²) in [5.41, 5.74) is 1.49. The molecule has 10 heteroatoms. The topological polar surface area (TPSA) is 79.2 Å². The van der Waals surface area contributed by atoms with Crippen molar-refractivity contribution in [3.05, 3.63) is 29.6 Å². The van der Waals surface area contributed by atoms with E-state index in [1.54, 1.807) is 0 Å². The summed E-state index contributed by atoms with van der Waals surface area (Å²) in [6.07, 6.45) is 4.64.